The second-order valence-electron chi connectivity index (χ2n) is 4.51. The van der Waals surface area contributed by atoms with Crippen LogP contribution in [0.15, 0.2) is 48.5 Å². The van der Waals surface area contributed by atoms with Gasteiger partial charge in [-0.3, -0.25) is 4.79 Å². The van der Waals surface area contributed by atoms with Gasteiger partial charge in [0.15, 0.2) is 6.61 Å². The lowest BCUT2D eigenvalue weighted by Crippen LogP contribution is -2.31. The van der Waals surface area contributed by atoms with Gasteiger partial charge in [0.2, 0.25) is 0 Å². The van der Waals surface area contributed by atoms with Crippen molar-refractivity contribution in [1.82, 2.24) is 0 Å². The smallest absolute Gasteiger partial charge is 0.338 e. The van der Waals surface area contributed by atoms with Gasteiger partial charge in [0.1, 0.15) is 5.82 Å². The molecule has 0 aliphatic heterocycles. The van der Waals surface area contributed by atoms with Gasteiger partial charge in [0.25, 0.3) is 5.91 Å². The zero-order chi connectivity index (χ0) is 16.1. The first-order valence-electron chi connectivity index (χ1n) is 6.42. The minimum Gasteiger partial charge on any atom is -0.452 e. The number of nitrogens with zero attached hydrogens (tertiary/aromatic N) is 1. The maximum atomic E-state index is 12.8. The van der Waals surface area contributed by atoms with Gasteiger partial charge in [-0.2, -0.15) is 0 Å². The molecule has 1 amide bonds. The number of carbonyl (C=O) groups excluding carboxylic acids is 2. The number of esters is 1. The fourth-order valence-electron chi connectivity index (χ4n) is 1.70. The van der Waals surface area contributed by atoms with Gasteiger partial charge in [-0.1, -0.05) is 11.6 Å². The second-order valence-corrected chi connectivity index (χ2v) is 4.95. The van der Waals surface area contributed by atoms with E-state index in [0.29, 0.717) is 16.3 Å². The number of hydrogen-bond acceptors (Lipinski definition) is 3. The van der Waals surface area contributed by atoms with Crippen LogP contribution in [0.1, 0.15) is 10.4 Å². The van der Waals surface area contributed by atoms with Gasteiger partial charge in [-0.25, -0.2) is 9.18 Å². The molecule has 114 valence electrons. The molecule has 0 N–H and O–H groups in total. The van der Waals surface area contributed by atoms with E-state index >= 15 is 0 Å². The number of ether oxygens (including phenoxy) is 1. The van der Waals surface area contributed by atoms with E-state index in [-0.39, 0.29) is 0 Å². The third-order valence-corrected chi connectivity index (χ3v) is 3.25. The molecular formula is C16H13ClFNO3. The van der Waals surface area contributed by atoms with E-state index in [9.17, 15) is 14.0 Å². The summed E-state index contributed by atoms with van der Waals surface area (Å²) in [5.41, 5.74) is 0.815. The molecule has 0 aromatic heterocycles. The topological polar surface area (TPSA) is 46.6 Å². The minimum atomic E-state index is -0.613. The Morgan fingerprint density at radius 1 is 1.09 bits per heavy atom. The highest BCUT2D eigenvalue weighted by atomic mass is 35.5. The third kappa shape index (κ3) is 4.05. The summed E-state index contributed by atoms with van der Waals surface area (Å²) in [4.78, 5) is 25.0. The highest BCUT2D eigenvalue weighted by molar-refractivity contribution is 6.30. The standard InChI is InChI=1S/C16H13ClFNO3/c1-19(14-8-6-13(18)7-9-14)15(20)10-22-16(21)11-2-4-12(17)5-3-11/h2-9H,10H2,1H3. The third-order valence-electron chi connectivity index (χ3n) is 2.99. The number of halogens is 2. The molecule has 2 rings (SSSR count). The monoisotopic (exact) mass is 321 g/mol. The van der Waals surface area contributed by atoms with Crippen LogP contribution in [0.5, 0.6) is 0 Å². The van der Waals surface area contributed by atoms with Crippen LogP contribution in [-0.2, 0) is 9.53 Å². The van der Waals surface area contributed by atoms with E-state index < -0.39 is 24.3 Å². The molecule has 0 saturated carbocycles. The quantitative estimate of drug-likeness (QED) is 0.812. The number of likely N-dealkylation sites (N-methyl/N-ethyl adjacent to an activating group) is 1. The molecule has 22 heavy (non-hydrogen) atoms. The number of benzene rings is 2. The van der Waals surface area contributed by atoms with E-state index in [2.05, 4.69) is 0 Å². The lowest BCUT2D eigenvalue weighted by atomic mass is 10.2. The number of carbonyl (C=O) groups is 2. The van der Waals surface area contributed by atoms with Crippen molar-refractivity contribution in [2.45, 2.75) is 0 Å². The summed E-state index contributed by atoms with van der Waals surface area (Å²) < 4.78 is 17.8. The van der Waals surface area contributed by atoms with Crippen molar-refractivity contribution < 1.29 is 18.7 Å². The summed E-state index contributed by atoms with van der Waals surface area (Å²) in [5.74, 6) is -1.43. The van der Waals surface area contributed by atoms with Crippen molar-refractivity contribution in [2.75, 3.05) is 18.6 Å². The fourth-order valence-corrected chi connectivity index (χ4v) is 1.83. The number of anilines is 1. The van der Waals surface area contributed by atoms with Gasteiger partial charge >= 0.3 is 5.97 Å². The molecule has 0 fully saturated rings. The Hall–Kier alpha value is -2.40. The van der Waals surface area contributed by atoms with Crippen LogP contribution in [0, 0.1) is 5.82 Å². The van der Waals surface area contributed by atoms with Crippen LogP contribution >= 0.6 is 11.6 Å². The summed E-state index contributed by atoms with van der Waals surface area (Å²) in [6.07, 6.45) is 0. The average molecular weight is 322 g/mol. The number of amides is 1. The molecule has 2 aromatic carbocycles. The van der Waals surface area contributed by atoms with E-state index in [1.165, 1.54) is 48.3 Å². The summed E-state index contributed by atoms with van der Waals surface area (Å²) in [7, 11) is 1.52. The van der Waals surface area contributed by atoms with Gasteiger partial charge in [-0.15, -0.1) is 0 Å². The Morgan fingerprint density at radius 2 is 1.68 bits per heavy atom. The summed E-state index contributed by atoms with van der Waals surface area (Å²) in [6.45, 7) is -0.407. The van der Waals surface area contributed by atoms with E-state index in [4.69, 9.17) is 16.3 Å². The maximum absolute atomic E-state index is 12.8. The molecule has 0 atom stereocenters. The highest BCUT2D eigenvalue weighted by Gasteiger charge is 2.14. The molecule has 0 spiro atoms. The Kier molecular flexibility index (Phi) is 5.12. The molecule has 0 radical (unpaired) electrons. The van der Waals surface area contributed by atoms with Crippen LogP contribution in [0.4, 0.5) is 10.1 Å². The number of hydrogen-bond donors (Lipinski definition) is 0. The van der Waals surface area contributed by atoms with E-state index in [1.54, 1.807) is 12.1 Å². The van der Waals surface area contributed by atoms with Crippen LogP contribution in [0.2, 0.25) is 5.02 Å². The molecule has 4 nitrogen and oxygen atoms in total. The molecule has 6 heteroatoms. The first-order chi connectivity index (χ1) is 10.5. The maximum Gasteiger partial charge on any atom is 0.338 e. The predicted molar refractivity (Wildman–Crippen MR) is 81.5 cm³/mol. The molecule has 0 heterocycles. The molecule has 2 aromatic rings. The van der Waals surface area contributed by atoms with Gasteiger partial charge in [-0.05, 0) is 48.5 Å². The van der Waals surface area contributed by atoms with Crippen molar-refractivity contribution in [3.63, 3.8) is 0 Å². The minimum absolute atomic E-state index is 0.307. The van der Waals surface area contributed by atoms with Crippen LogP contribution in [-0.4, -0.2) is 25.5 Å². The van der Waals surface area contributed by atoms with Crippen molar-refractivity contribution in [3.05, 3.63) is 64.9 Å². The summed E-state index contributed by atoms with van der Waals surface area (Å²) >= 11 is 5.72. The van der Waals surface area contributed by atoms with Crippen LogP contribution in [0.25, 0.3) is 0 Å². The molecule has 0 saturated heterocycles. The Labute approximate surface area is 132 Å². The Balaban J connectivity index is 1.93. The normalized spacial score (nSPS) is 10.1. The average Bonchev–Trinajstić information content (AvgIpc) is 2.53. The second kappa shape index (κ2) is 7.04. The van der Waals surface area contributed by atoms with Gasteiger partial charge in [0.05, 0.1) is 5.56 Å². The van der Waals surface area contributed by atoms with Crippen LogP contribution < -0.4 is 4.90 Å². The number of rotatable bonds is 4. The first-order valence-corrected chi connectivity index (χ1v) is 6.80. The molecule has 0 unspecified atom stereocenters. The molecule has 0 bridgehead atoms. The molecule has 0 aliphatic rings. The van der Waals surface area contributed by atoms with Crippen molar-refractivity contribution in [2.24, 2.45) is 0 Å². The first kappa shape index (κ1) is 16.0. The van der Waals surface area contributed by atoms with E-state index in [0.717, 1.165) is 0 Å². The Morgan fingerprint density at radius 3 is 2.27 bits per heavy atom. The predicted octanol–water partition coefficient (Wildman–Crippen LogP) is 3.30. The van der Waals surface area contributed by atoms with Gasteiger partial charge in [0, 0.05) is 17.8 Å². The zero-order valence-electron chi connectivity index (χ0n) is 11.8. The fraction of sp³-hybridized carbons (Fsp3) is 0.125. The lowest BCUT2D eigenvalue weighted by molar-refractivity contribution is -0.121. The lowest BCUT2D eigenvalue weighted by Gasteiger charge is -2.17. The highest BCUT2D eigenvalue weighted by Crippen LogP contribution is 2.14. The molecule has 0 aliphatic carbocycles. The van der Waals surface area contributed by atoms with E-state index in [1.807, 2.05) is 0 Å². The summed E-state index contributed by atoms with van der Waals surface area (Å²) in [5, 5.41) is 0.503. The van der Waals surface area contributed by atoms with Crippen molar-refractivity contribution in [3.8, 4) is 0 Å². The largest absolute Gasteiger partial charge is 0.452 e. The summed E-state index contributed by atoms with van der Waals surface area (Å²) in [6, 6.07) is 11.6. The zero-order valence-corrected chi connectivity index (χ0v) is 12.5. The molecular weight excluding hydrogens is 309 g/mol. The van der Waals surface area contributed by atoms with Gasteiger partial charge < -0.3 is 9.64 Å². The SMILES string of the molecule is CN(C(=O)COC(=O)c1ccc(Cl)cc1)c1ccc(F)cc1. The van der Waals surface area contributed by atoms with Crippen LogP contribution in [0.3, 0.4) is 0 Å². The Bertz CT molecular complexity index is 671. The van der Waals surface area contributed by atoms with Crippen molar-refractivity contribution in [1.29, 1.82) is 0 Å². The van der Waals surface area contributed by atoms with Crippen molar-refractivity contribution >= 4 is 29.2 Å².